The summed E-state index contributed by atoms with van der Waals surface area (Å²) in [6.07, 6.45) is 5.94. The Morgan fingerprint density at radius 1 is 1.04 bits per heavy atom. The summed E-state index contributed by atoms with van der Waals surface area (Å²) in [4.78, 5) is 36.6. The lowest BCUT2D eigenvalue weighted by molar-refractivity contribution is -0.139. The number of esters is 2. The number of rotatable bonds is 4. The van der Waals surface area contributed by atoms with Gasteiger partial charge in [-0.3, -0.25) is 0 Å². The molecule has 1 aliphatic heterocycles. The van der Waals surface area contributed by atoms with Crippen LogP contribution in [0.5, 0.6) is 5.75 Å². The van der Waals surface area contributed by atoms with E-state index in [0.29, 0.717) is 0 Å². The molecule has 0 saturated carbocycles. The molecule has 0 fully saturated rings. The highest BCUT2D eigenvalue weighted by atomic mass is 16.5. The van der Waals surface area contributed by atoms with Crippen molar-refractivity contribution in [1.82, 2.24) is 0 Å². The highest BCUT2D eigenvalue weighted by Crippen LogP contribution is 2.30. The normalized spacial score (nSPS) is 13.4. The Morgan fingerprint density at radius 2 is 1.72 bits per heavy atom. The first kappa shape index (κ1) is 17.8. The van der Waals surface area contributed by atoms with Gasteiger partial charge in [0.25, 0.3) is 0 Å². The van der Waals surface area contributed by atoms with Gasteiger partial charge in [-0.1, -0.05) is 6.08 Å². The lowest BCUT2D eigenvalue weighted by Gasteiger charge is -2.23. The number of hydrogen-bond donors (Lipinski definition) is 2. The topological polar surface area (TPSA) is 113 Å². The van der Waals surface area contributed by atoms with Gasteiger partial charge in [0, 0.05) is 18.0 Å². The van der Waals surface area contributed by atoms with Crippen LogP contribution in [0.25, 0.3) is 0 Å². The van der Waals surface area contributed by atoms with Crippen LogP contribution in [0.15, 0.2) is 53.9 Å². The monoisotopic (exact) mass is 345 g/mol. The highest BCUT2D eigenvalue weighted by molar-refractivity contribution is 6.05. The van der Waals surface area contributed by atoms with Crippen molar-refractivity contribution in [2.75, 3.05) is 19.1 Å². The molecule has 0 bridgehead atoms. The maximum absolute atomic E-state index is 12.2. The minimum Gasteiger partial charge on any atom is -0.507 e. The number of carbonyl (C=O) groups excluding carboxylic acids is 2. The van der Waals surface area contributed by atoms with Crippen LogP contribution in [0.4, 0.5) is 5.69 Å². The molecular formula is C17H15NO7. The molecule has 0 unspecified atom stereocenters. The van der Waals surface area contributed by atoms with Gasteiger partial charge in [0.15, 0.2) is 0 Å². The SMILES string of the molecule is COC(=O)C1=C(C(=O)OC)N(c2ccc(C(=O)O)c(O)c2)C=CC=C1. The quantitative estimate of drug-likeness (QED) is 0.791. The third-order valence-corrected chi connectivity index (χ3v) is 3.38. The summed E-state index contributed by atoms with van der Waals surface area (Å²) < 4.78 is 9.43. The Labute approximate surface area is 142 Å². The van der Waals surface area contributed by atoms with Crippen LogP contribution in [0.1, 0.15) is 10.4 Å². The molecule has 1 heterocycles. The van der Waals surface area contributed by atoms with Crippen LogP contribution in [0.2, 0.25) is 0 Å². The summed E-state index contributed by atoms with van der Waals surface area (Å²) >= 11 is 0. The predicted molar refractivity (Wildman–Crippen MR) is 86.9 cm³/mol. The average Bonchev–Trinajstić information content (AvgIpc) is 2.82. The van der Waals surface area contributed by atoms with Gasteiger partial charge in [0.05, 0.1) is 19.8 Å². The molecule has 0 atom stereocenters. The number of aromatic hydroxyl groups is 1. The van der Waals surface area contributed by atoms with Gasteiger partial charge in [0.2, 0.25) is 0 Å². The van der Waals surface area contributed by atoms with Crippen LogP contribution < -0.4 is 4.90 Å². The Bertz CT molecular complexity index is 820. The van der Waals surface area contributed by atoms with E-state index in [-0.39, 0.29) is 22.5 Å². The molecule has 1 aromatic rings. The Morgan fingerprint density at radius 3 is 2.28 bits per heavy atom. The van der Waals surface area contributed by atoms with E-state index in [1.807, 2.05) is 0 Å². The first-order valence-electron chi connectivity index (χ1n) is 7.02. The smallest absolute Gasteiger partial charge is 0.355 e. The Hall–Kier alpha value is -3.55. The summed E-state index contributed by atoms with van der Waals surface area (Å²) in [5.41, 5.74) is -0.232. The van der Waals surface area contributed by atoms with Crippen molar-refractivity contribution in [2.45, 2.75) is 0 Å². The zero-order valence-electron chi connectivity index (χ0n) is 13.4. The van der Waals surface area contributed by atoms with Crippen LogP contribution in [-0.4, -0.2) is 42.3 Å². The second kappa shape index (κ2) is 7.35. The maximum Gasteiger partial charge on any atom is 0.355 e. The molecule has 0 aliphatic carbocycles. The first-order chi connectivity index (χ1) is 11.9. The van der Waals surface area contributed by atoms with E-state index in [1.165, 1.54) is 42.5 Å². The number of phenols is 1. The number of aromatic carboxylic acids is 1. The summed E-state index contributed by atoms with van der Waals surface area (Å²) in [5, 5.41) is 18.9. The third kappa shape index (κ3) is 3.52. The standard InChI is InChI=1S/C17H15NO7/c1-24-16(22)12-5-3-4-8-18(14(12)17(23)25-2)10-6-7-11(15(20)21)13(19)9-10/h3-9,19H,1-2H3,(H,20,21). The number of nitrogens with zero attached hydrogens (tertiary/aromatic N) is 1. The van der Waals surface area contributed by atoms with Gasteiger partial charge in [0.1, 0.15) is 17.0 Å². The number of anilines is 1. The van der Waals surface area contributed by atoms with E-state index >= 15 is 0 Å². The first-order valence-corrected chi connectivity index (χ1v) is 7.02. The van der Waals surface area contributed by atoms with Gasteiger partial charge >= 0.3 is 17.9 Å². The fourth-order valence-corrected chi connectivity index (χ4v) is 2.22. The van der Waals surface area contributed by atoms with Crippen LogP contribution in [0, 0.1) is 0 Å². The predicted octanol–water partition coefficient (Wildman–Crippen LogP) is 1.58. The summed E-state index contributed by atoms with van der Waals surface area (Å²) in [5.74, 6) is -3.34. The van der Waals surface area contributed by atoms with Crippen molar-refractivity contribution >= 4 is 23.6 Å². The summed E-state index contributed by atoms with van der Waals surface area (Å²) in [6.45, 7) is 0. The van der Waals surface area contributed by atoms with E-state index in [0.717, 1.165) is 13.2 Å². The van der Waals surface area contributed by atoms with E-state index in [9.17, 15) is 19.5 Å². The molecule has 1 aromatic carbocycles. The van der Waals surface area contributed by atoms with E-state index < -0.39 is 23.7 Å². The zero-order valence-corrected chi connectivity index (χ0v) is 13.4. The van der Waals surface area contributed by atoms with Crippen LogP contribution in [0.3, 0.4) is 0 Å². The number of carboxylic acid groups (broad SMARTS) is 1. The lowest BCUT2D eigenvalue weighted by Crippen LogP contribution is -2.27. The molecule has 2 N–H and O–H groups in total. The van der Waals surface area contributed by atoms with Crippen molar-refractivity contribution in [3.05, 3.63) is 59.5 Å². The molecule has 0 radical (unpaired) electrons. The number of carboxylic acids is 1. The molecule has 0 amide bonds. The van der Waals surface area contributed by atoms with Gasteiger partial charge < -0.3 is 24.6 Å². The van der Waals surface area contributed by atoms with Gasteiger partial charge in [-0.2, -0.15) is 0 Å². The Balaban J connectivity index is 2.64. The van der Waals surface area contributed by atoms with Gasteiger partial charge in [-0.15, -0.1) is 0 Å². The average molecular weight is 345 g/mol. The summed E-state index contributed by atoms with van der Waals surface area (Å²) in [6, 6.07) is 3.74. The number of allylic oxidation sites excluding steroid dienone is 2. The van der Waals surface area contributed by atoms with Crippen molar-refractivity contribution in [1.29, 1.82) is 0 Å². The molecule has 8 nitrogen and oxygen atoms in total. The van der Waals surface area contributed by atoms with Gasteiger partial charge in [-0.05, 0) is 24.3 Å². The second-order valence-corrected chi connectivity index (χ2v) is 4.82. The van der Waals surface area contributed by atoms with E-state index in [4.69, 9.17) is 14.6 Å². The number of ether oxygens (including phenoxy) is 2. The molecule has 0 aromatic heterocycles. The van der Waals surface area contributed by atoms with Crippen molar-refractivity contribution in [3.63, 3.8) is 0 Å². The Kier molecular flexibility index (Phi) is 5.23. The number of carbonyl (C=O) groups is 3. The highest BCUT2D eigenvalue weighted by Gasteiger charge is 2.28. The van der Waals surface area contributed by atoms with Crippen molar-refractivity contribution < 1.29 is 34.1 Å². The second-order valence-electron chi connectivity index (χ2n) is 4.82. The maximum atomic E-state index is 12.2. The molecular weight excluding hydrogens is 330 g/mol. The molecule has 8 heteroatoms. The number of benzene rings is 1. The fourth-order valence-electron chi connectivity index (χ4n) is 2.22. The van der Waals surface area contributed by atoms with E-state index in [2.05, 4.69) is 0 Å². The minimum absolute atomic E-state index is 0.0545. The molecule has 25 heavy (non-hydrogen) atoms. The number of methoxy groups -OCH3 is 2. The zero-order chi connectivity index (χ0) is 18.6. The largest absolute Gasteiger partial charge is 0.507 e. The lowest BCUT2D eigenvalue weighted by atomic mass is 10.1. The number of hydrogen-bond acceptors (Lipinski definition) is 7. The van der Waals surface area contributed by atoms with Crippen molar-refractivity contribution in [3.8, 4) is 5.75 Å². The summed E-state index contributed by atoms with van der Waals surface area (Å²) in [7, 11) is 2.33. The van der Waals surface area contributed by atoms with Gasteiger partial charge in [-0.25, -0.2) is 14.4 Å². The molecule has 0 spiro atoms. The minimum atomic E-state index is -1.30. The van der Waals surface area contributed by atoms with Crippen molar-refractivity contribution in [2.24, 2.45) is 0 Å². The molecule has 0 saturated heterocycles. The molecule has 130 valence electrons. The fraction of sp³-hybridized carbons (Fsp3) is 0.118. The molecule has 1 aliphatic rings. The molecule has 2 rings (SSSR count). The third-order valence-electron chi connectivity index (χ3n) is 3.38. The van der Waals surface area contributed by atoms with Crippen LogP contribution in [-0.2, 0) is 19.1 Å². The van der Waals surface area contributed by atoms with E-state index in [1.54, 1.807) is 6.08 Å². The van der Waals surface area contributed by atoms with Crippen LogP contribution >= 0.6 is 0 Å².